The molecule has 2 aliphatic carbocycles. The van der Waals surface area contributed by atoms with E-state index in [0.717, 1.165) is 4.32 Å². The minimum Gasteiger partial charge on any atom is -0.352 e. The molecule has 0 atom stereocenters. The summed E-state index contributed by atoms with van der Waals surface area (Å²) in [4.78, 5) is 2.48. The van der Waals surface area contributed by atoms with Gasteiger partial charge < -0.3 is 4.90 Å². The first-order valence-electron chi connectivity index (χ1n) is 6.80. The van der Waals surface area contributed by atoms with Gasteiger partial charge in [0.05, 0.1) is 0 Å². The van der Waals surface area contributed by atoms with Crippen LogP contribution in [0.5, 0.6) is 0 Å². The molecule has 0 aromatic carbocycles. The van der Waals surface area contributed by atoms with Crippen molar-refractivity contribution in [1.82, 2.24) is 4.90 Å². The normalized spacial score (nSPS) is 22.9. The number of thiol groups is 1. The monoisotopic (exact) mass is 371 g/mol. The molecular weight excluding hydrogens is 347 g/mol. The summed E-state index contributed by atoms with van der Waals surface area (Å²) in [6.45, 7) is 0. The van der Waals surface area contributed by atoms with E-state index in [0.29, 0.717) is 12.1 Å². The van der Waals surface area contributed by atoms with Gasteiger partial charge in [0.1, 0.15) is 4.32 Å². The summed E-state index contributed by atoms with van der Waals surface area (Å²) < 4.78 is 0.846. The van der Waals surface area contributed by atoms with Crippen molar-refractivity contribution in [3.05, 3.63) is 0 Å². The van der Waals surface area contributed by atoms with Gasteiger partial charge in [-0.05, 0) is 25.7 Å². The average Bonchev–Trinajstić information content (AvgIpc) is 2.31. The molecule has 2 rings (SSSR count). The van der Waals surface area contributed by atoms with Crippen LogP contribution in [-0.2, 0) is 27.3 Å². The summed E-state index contributed by atoms with van der Waals surface area (Å²) in [6.07, 6.45) is 13.7. The Morgan fingerprint density at radius 1 is 0.824 bits per heavy atom. The zero-order chi connectivity index (χ0) is 11.4. The Kier molecular flexibility index (Phi) is 7.97. The first kappa shape index (κ1) is 16.2. The molecule has 0 bridgehead atoms. The zero-order valence-corrected chi connectivity index (χ0v) is 16.5. The standard InChI is InChI=1S/C13H23NS2.Cd/c15-13(16)14(11-7-3-1-4-8-11)12-9-5-2-6-10-12;/h11-12H,1-10H2,(H,15,16);. The molecule has 0 unspecified atom stereocenters. The van der Waals surface area contributed by atoms with E-state index in [4.69, 9.17) is 12.2 Å². The second kappa shape index (κ2) is 8.36. The molecule has 0 saturated heterocycles. The third kappa shape index (κ3) is 4.64. The minimum absolute atomic E-state index is 0. The van der Waals surface area contributed by atoms with E-state index in [-0.39, 0.29) is 27.3 Å². The summed E-state index contributed by atoms with van der Waals surface area (Å²) in [5, 5.41) is 0. The van der Waals surface area contributed by atoms with E-state index in [1.807, 2.05) is 0 Å². The fourth-order valence-corrected chi connectivity index (χ4v) is 3.95. The number of rotatable bonds is 2. The van der Waals surface area contributed by atoms with Crippen LogP contribution in [-0.4, -0.2) is 21.3 Å². The smallest absolute Gasteiger partial charge is 0.133 e. The van der Waals surface area contributed by atoms with E-state index in [1.54, 1.807) is 0 Å². The van der Waals surface area contributed by atoms with Crippen LogP contribution in [0.2, 0.25) is 0 Å². The Morgan fingerprint density at radius 2 is 1.18 bits per heavy atom. The molecule has 0 aromatic heterocycles. The van der Waals surface area contributed by atoms with Crippen molar-refractivity contribution in [3.63, 3.8) is 0 Å². The summed E-state index contributed by atoms with van der Waals surface area (Å²) >= 11 is 9.84. The number of nitrogens with zero attached hydrogens (tertiary/aromatic N) is 1. The minimum atomic E-state index is 0. The summed E-state index contributed by atoms with van der Waals surface area (Å²) in [5.74, 6) is 0. The summed E-state index contributed by atoms with van der Waals surface area (Å²) in [5.41, 5.74) is 0. The maximum absolute atomic E-state index is 5.37. The van der Waals surface area contributed by atoms with Crippen LogP contribution in [0.4, 0.5) is 0 Å². The molecule has 1 nitrogen and oxygen atoms in total. The van der Waals surface area contributed by atoms with Crippen LogP contribution in [0.1, 0.15) is 64.2 Å². The second-order valence-electron chi connectivity index (χ2n) is 5.27. The maximum atomic E-state index is 5.37. The van der Waals surface area contributed by atoms with Gasteiger partial charge in [-0.15, -0.1) is 12.6 Å². The molecule has 0 radical (unpaired) electrons. The Labute approximate surface area is 137 Å². The van der Waals surface area contributed by atoms with Crippen LogP contribution in [0.25, 0.3) is 0 Å². The van der Waals surface area contributed by atoms with E-state index < -0.39 is 0 Å². The first-order chi connectivity index (χ1) is 7.79. The molecular formula is C13H23CdNS2. The van der Waals surface area contributed by atoms with Crippen molar-refractivity contribution in [2.75, 3.05) is 0 Å². The molecule has 0 N–H and O–H groups in total. The molecule has 4 heteroatoms. The van der Waals surface area contributed by atoms with Crippen molar-refractivity contribution in [2.45, 2.75) is 76.3 Å². The van der Waals surface area contributed by atoms with E-state index in [2.05, 4.69) is 17.5 Å². The van der Waals surface area contributed by atoms with Gasteiger partial charge in [0.2, 0.25) is 0 Å². The van der Waals surface area contributed by atoms with Gasteiger partial charge in [-0.3, -0.25) is 0 Å². The van der Waals surface area contributed by atoms with Gasteiger partial charge in [0, 0.05) is 39.4 Å². The fourth-order valence-electron chi connectivity index (χ4n) is 3.33. The number of hydrogen-bond acceptors (Lipinski definition) is 1. The largest absolute Gasteiger partial charge is 0.352 e. The Bertz CT molecular complexity index is 218. The van der Waals surface area contributed by atoms with Gasteiger partial charge in [-0.25, -0.2) is 0 Å². The zero-order valence-electron chi connectivity index (χ0n) is 10.7. The Hall–Kier alpha value is 1.16. The Morgan fingerprint density at radius 3 is 1.47 bits per heavy atom. The molecule has 94 valence electrons. The van der Waals surface area contributed by atoms with Crippen molar-refractivity contribution in [2.24, 2.45) is 0 Å². The molecule has 0 aliphatic heterocycles. The summed E-state index contributed by atoms with van der Waals surface area (Å²) in [7, 11) is 0. The van der Waals surface area contributed by atoms with Crippen LogP contribution in [0.3, 0.4) is 0 Å². The van der Waals surface area contributed by atoms with E-state index in [9.17, 15) is 0 Å². The maximum Gasteiger partial charge on any atom is 0.133 e. The second-order valence-corrected chi connectivity index (χ2v) is 6.39. The molecule has 17 heavy (non-hydrogen) atoms. The molecule has 0 heterocycles. The van der Waals surface area contributed by atoms with Crippen LogP contribution in [0, 0.1) is 0 Å². The van der Waals surface area contributed by atoms with Crippen molar-refractivity contribution in [3.8, 4) is 0 Å². The van der Waals surface area contributed by atoms with Crippen molar-refractivity contribution < 1.29 is 27.3 Å². The first-order valence-corrected chi connectivity index (χ1v) is 7.66. The third-order valence-electron chi connectivity index (χ3n) is 4.16. The molecule has 2 fully saturated rings. The van der Waals surface area contributed by atoms with Crippen LogP contribution >= 0.6 is 24.8 Å². The Balaban J connectivity index is 0.00000144. The van der Waals surface area contributed by atoms with Crippen molar-refractivity contribution in [1.29, 1.82) is 0 Å². The van der Waals surface area contributed by atoms with Gasteiger partial charge in [-0.1, -0.05) is 50.7 Å². The molecule has 0 spiro atoms. The van der Waals surface area contributed by atoms with E-state index >= 15 is 0 Å². The van der Waals surface area contributed by atoms with Gasteiger partial charge >= 0.3 is 0 Å². The van der Waals surface area contributed by atoms with Gasteiger partial charge in [0.25, 0.3) is 0 Å². The van der Waals surface area contributed by atoms with Gasteiger partial charge in [0.15, 0.2) is 0 Å². The van der Waals surface area contributed by atoms with Gasteiger partial charge in [-0.2, -0.15) is 0 Å². The van der Waals surface area contributed by atoms with E-state index in [1.165, 1.54) is 64.2 Å². The summed E-state index contributed by atoms with van der Waals surface area (Å²) in [6, 6.07) is 1.39. The predicted molar refractivity (Wildman–Crippen MR) is 77.2 cm³/mol. The predicted octanol–water partition coefficient (Wildman–Crippen LogP) is 4.17. The average molecular weight is 370 g/mol. The fraction of sp³-hybridized carbons (Fsp3) is 0.923. The topological polar surface area (TPSA) is 3.24 Å². The third-order valence-corrected chi connectivity index (χ3v) is 4.60. The van der Waals surface area contributed by atoms with Crippen LogP contribution < -0.4 is 0 Å². The molecule has 2 aliphatic rings. The molecule has 0 amide bonds. The molecule has 0 aromatic rings. The quantitative estimate of drug-likeness (QED) is 0.442. The molecule has 2 saturated carbocycles. The number of hydrogen-bond donors (Lipinski definition) is 1. The SMILES string of the molecule is S=C(S)N(C1CCCCC1)C1CCCCC1.[Cd]. The van der Waals surface area contributed by atoms with Crippen LogP contribution in [0.15, 0.2) is 0 Å². The number of thiocarbonyl (C=S) groups is 1. The van der Waals surface area contributed by atoms with Crippen molar-refractivity contribution >= 4 is 29.2 Å².